The van der Waals surface area contributed by atoms with Crippen LogP contribution in [0.1, 0.15) is 111 Å². The van der Waals surface area contributed by atoms with E-state index in [-0.39, 0.29) is 0 Å². The van der Waals surface area contributed by atoms with E-state index in [0.29, 0.717) is 5.41 Å². The van der Waals surface area contributed by atoms with E-state index in [4.69, 9.17) is 0 Å². The van der Waals surface area contributed by atoms with Crippen LogP contribution >= 0.6 is 23.5 Å². The summed E-state index contributed by atoms with van der Waals surface area (Å²) in [6.07, 6.45) is 20.6. The molecule has 0 amide bonds. The number of unbranched alkanes of at least 4 members (excludes halogenated alkanes) is 6. The van der Waals surface area contributed by atoms with Crippen molar-refractivity contribution < 1.29 is 0 Å². The van der Waals surface area contributed by atoms with Gasteiger partial charge in [0.15, 0.2) is 0 Å². The summed E-state index contributed by atoms with van der Waals surface area (Å²) in [6.45, 7) is 7.20. The van der Waals surface area contributed by atoms with Crippen molar-refractivity contribution >= 4 is 23.5 Å². The highest BCUT2D eigenvalue weighted by atomic mass is 32.2. The first-order valence-electron chi connectivity index (χ1n) is 11.4. The molecule has 0 bridgehead atoms. The molecule has 1 aliphatic heterocycles. The highest BCUT2D eigenvalue weighted by Crippen LogP contribution is 2.49. The van der Waals surface area contributed by atoms with Crippen LogP contribution in [-0.2, 0) is 0 Å². The van der Waals surface area contributed by atoms with Crippen LogP contribution < -0.4 is 0 Å². The zero-order chi connectivity index (χ0) is 18.0. The Morgan fingerprint density at radius 2 is 1.36 bits per heavy atom. The van der Waals surface area contributed by atoms with Gasteiger partial charge in [0.2, 0.25) is 0 Å². The van der Waals surface area contributed by atoms with Crippen molar-refractivity contribution in [2.45, 2.75) is 115 Å². The molecule has 0 radical (unpaired) electrons. The predicted molar refractivity (Wildman–Crippen MR) is 120 cm³/mol. The molecule has 1 heterocycles. The standard InChI is InChI=1S/C23H44S2/c1-4-6-8-10-12-20-13-15-21(16-14-20)22-24-18-23(3,19-25-22)17-11-9-7-5-2/h20-22H,4-19H2,1-3H3. The molecule has 0 aromatic carbocycles. The van der Waals surface area contributed by atoms with E-state index in [1.54, 1.807) is 0 Å². The van der Waals surface area contributed by atoms with Gasteiger partial charge in [0.1, 0.15) is 0 Å². The molecule has 0 N–H and O–H groups in total. The molecule has 0 spiro atoms. The van der Waals surface area contributed by atoms with E-state index >= 15 is 0 Å². The molecule has 1 saturated heterocycles. The lowest BCUT2D eigenvalue weighted by molar-refractivity contribution is 0.268. The Balaban J connectivity index is 1.60. The largest absolute Gasteiger partial charge is 0.147 e. The van der Waals surface area contributed by atoms with Crippen LogP contribution in [0.3, 0.4) is 0 Å². The summed E-state index contributed by atoms with van der Waals surface area (Å²) in [7, 11) is 0. The van der Waals surface area contributed by atoms with E-state index in [1.807, 2.05) is 0 Å². The first kappa shape index (κ1) is 22.0. The maximum atomic E-state index is 2.56. The molecule has 0 nitrogen and oxygen atoms in total. The van der Waals surface area contributed by atoms with Crippen LogP contribution in [0.5, 0.6) is 0 Å². The summed E-state index contributed by atoms with van der Waals surface area (Å²) in [5.41, 5.74) is 0.621. The third kappa shape index (κ3) is 8.08. The minimum Gasteiger partial charge on any atom is -0.147 e. The van der Waals surface area contributed by atoms with Crippen LogP contribution in [0.25, 0.3) is 0 Å². The van der Waals surface area contributed by atoms with Crippen molar-refractivity contribution in [1.82, 2.24) is 0 Å². The Labute approximate surface area is 167 Å². The van der Waals surface area contributed by atoms with E-state index < -0.39 is 0 Å². The van der Waals surface area contributed by atoms with Gasteiger partial charge in [-0.15, -0.1) is 23.5 Å². The quantitative estimate of drug-likeness (QED) is 0.327. The third-order valence-corrected chi connectivity index (χ3v) is 10.5. The fraction of sp³-hybridized carbons (Fsp3) is 1.00. The molecular formula is C23H44S2. The van der Waals surface area contributed by atoms with Crippen molar-refractivity contribution in [2.24, 2.45) is 17.3 Å². The summed E-state index contributed by atoms with van der Waals surface area (Å²) in [4.78, 5) is 0. The Bertz CT molecular complexity index is 325. The average Bonchev–Trinajstić information content (AvgIpc) is 2.64. The van der Waals surface area contributed by atoms with Gasteiger partial charge >= 0.3 is 0 Å². The second-order valence-corrected chi connectivity index (χ2v) is 11.8. The Kier molecular flexibility index (Phi) is 10.7. The predicted octanol–water partition coefficient (Wildman–Crippen LogP) is 8.55. The van der Waals surface area contributed by atoms with Gasteiger partial charge in [-0.25, -0.2) is 0 Å². The smallest absolute Gasteiger partial charge is 0.0531 e. The molecule has 0 aromatic rings. The summed E-state index contributed by atoms with van der Waals surface area (Å²) in [5, 5.41) is 0. The number of thioether (sulfide) groups is 2. The normalized spacial score (nSPS) is 33.5. The molecule has 2 heteroatoms. The van der Waals surface area contributed by atoms with Gasteiger partial charge in [0, 0.05) is 11.5 Å². The van der Waals surface area contributed by atoms with E-state index in [0.717, 1.165) is 16.4 Å². The molecule has 1 aliphatic carbocycles. The Morgan fingerprint density at radius 1 is 0.760 bits per heavy atom. The minimum absolute atomic E-state index is 0.621. The summed E-state index contributed by atoms with van der Waals surface area (Å²) in [6, 6.07) is 0. The molecule has 25 heavy (non-hydrogen) atoms. The van der Waals surface area contributed by atoms with Crippen molar-refractivity contribution in [3.8, 4) is 0 Å². The fourth-order valence-electron chi connectivity index (χ4n) is 4.66. The van der Waals surface area contributed by atoms with Crippen LogP contribution in [0.15, 0.2) is 0 Å². The topological polar surface area (TPSA) is 0 Å². The minimum atomic E-state index is 0.621. The maximum absolute atomic E-state index is 2.56. The highest BCUT2D eigenvalue weighted by molar-refractivity contribution is 8.17. The lowest BCUT2D eigenvalue weighted by atomic mass is 9.80. The Hall–Kier alpha value is 0.700. The van der Waals surface area contributed by atoms with Crippen molar-refractivity contribution in [1.29, 1.82) is 0 Å². The van der Waals surface area contributed by atoms with Gasteiger partial charge in [0.05, 0.1) is 4.58 Å². The molecule has 0 unspecified atom stereocenters. The number of hydrogen-bond donors (Lipinski definition) is 0. The molecule has 0 atom stereocenters. The fourth-order valence-corrected chi connectivity index (χ4v) is 8.30. The highest BCUT2D eigenvalue weighted by Gasteiger charge is 2.36. The maximum Gasteiger partial charge on any atom is 0.0531 e. The van der Waals surface area contributed by atoms with E-state index in [1.165, 1.54) is 101 Å². The SMILES string of the molecule is CCCCCCC1CCC(C2SCC(C)(CCCCCC)CS2)CC1. The lowest BCUT2D eigenvalue weighted by Gasteiger charge is -2.41. The third-order valence-electron chi connectivity index (χ3n) is 6.57. The number of rotatable bonds is 11. The molecule has 148 valence electrons. The van der Waals surface area contributed by atoms with E-state index in [2.05, 4.69) is 44.3 Å². The summed E-state index contributed by atoms with van der Waals surface area (Å²) in [5.74, 6) is 4.93. The van der Waals surface area contributed by atoms with Crippen LogP contribution in [0, 0.1) is 17.3 Å². The van der Waals surface area contributed by atoms with Crippen LogP contribution in [-0.4, -0.2) is 16.1 Å². The second-order valence-electron chi connectivity index (χ2n) is 9.24. The van der Waals surface area contributed by atoms with Gasteiger partial charge in [-0.2, -0.15) is 0 Å². The molecule has 1 saturated carbocycles. The molecular weight excluding hydrogens is 340 g/mol. The van der Waals surface area contributed by atoms with Gasteiger partial charge < -0.3 is 0 Å². The van der Waals surface area contributed by atoms with Crippen LogP contribution in [0.4, 0.5) is 0 Å². The molecule has 2 aliphatic rings. The second kappa shape index (κ2) is 12.2. The Morgan fingerprint density at radius 3 is 1.96 bits per heavy atom. The summed E-state index contributed by atoms with van der Waals surface area (Å²) < 4.78 is 0.921. The van der Waals surface area contributed by atoms with Crippen LogP contribution in [0.2, 0.25) is 0 Å². The molecule has 2 rings (SSSR count). The van der Waals surface area contributed by atoms with Crippen molar-refractivity contribution in [2.75, 3.05) is 11.5 Å². The van der Waals surface area contributed by atoms with Crippen molar-refractivity contribution in [3.63, 3.8) is 0 Å². The molecule has 2 fully saturated rings. The van der Waals surface area contributed by atoms with Gasteiger partial charge in [0.25, 0.3) is 0 Å². The number of hydrogen-bond acceptors (Lipinski definition) is 2. The van der Waals surface area contributed by atoms with Gasteiger partial charge in [-0.3, -0.25) is 0 Å². The lowest BCUT2D eigenvalue weighted by Crippen LogP contribution is -2.33. The first-order valence-corrected chi connectivity index (χ1v) is 13.5. The summed E-state index contributed by atoms with van der Waals surface area (Å²) >= 11 is 4.66. The van der Waals surface area contributed by atoms with Gasteiger partial charge in [-0.1, -0.05) is 91.4 Å². The van der Waals surface area contributed by atoms with E-state index in [9.17, 15) is 0 Å². The average molecular weight is 385 g/mol. The van der Waals surface area contributed by atoms with Crippen molar-refractivity contribution in [3.05, 3.63) is 0 Å². The first-order chi connectivity index (χ1) is 12.2. The zero-order valence-corrected chi connectivity index (χ0v) is 19.0. The molecule has 0 aromatic heterocycles. The van der Waals surface area contributed by atoms with Gasteiger partial charge in [-0.05, 0) is 36.5 Å². The monoisotopic (exact) mass is 384 g/mol. The zero-order valence-electron chi connectivity index (χ0n) is 17.4.